The molecule has 0 amide bonds. The van der Waals surface area contributed by atoms with Gasteiger partial charge in [0.1, 0.15) is 17.5 Å². The maximum Gasteiger partial charge on any atom is 0.328 e. The van der Waals surface area contributed by atoms with Crippen molar-refractivity contribution in [2.45, 2.75) is 45.8 Å². The molecule has 1 rings (SSSR count). The van der Waals surface area contributed by atoms with Crippen molar-refractivity contribution in [2.75, 3.05) is 19.5 Å². The minimum absolute atomic E-state index is 0.161. The summed E-state index contributed by atoms with van der Waals surface area (Å²) in [5, 5.41) is 2.86. The third-order valence-corrected chi connectivity index (χ3v) is 2.61. The Hall–Kier alpha value is -2.38. The van der Waals surface area contributed by atoms with Crippen molar-refractivity contribution in [2.24, 2.45) is 0 Å². The smallest absolute Gasteiger partial charge is 0.328 e. The number of aromatic nitrogens is 2. The van der Waals surface area contributed by atoms with Gasteiger partial charge in [0.05, 0.1) is 20.6 Å². The molecular formula is C15H23N3O5. The van der Waals surface area contributed by atoms with Crippen molar-refractivity contribution in [3.8, 4) is 6.01 Å². The Morgan fingerprint density at radius 3 is 2.43 bits per heavy atom. The largest absolute Gasteiger partial charge is 0.467 e. The summed E-state index contributed by atoms with van der Waals surface area (Å²) in [6, 6.07) is 0.871. The van der Waals surface area contributed by atoms with Gasteiger partial charge < -0.3 is 19.5 Å². The van der Waals surface area contributed by atoms with E-state index in [-0.39, 0.29) is 12.4 Å². The molecule has 0 aliphatic rings. The van der Waals surface area contributed by atoms with Crippen LogP contribution >= 0.6 is 0 Å². The molecule has 1 atom stereocenters. The van der Waals surface area contributed by atoms with Gasteiger partial charge in [-0.2, -0.15) is 4.98 Å². The van der Waals surface area contributed by atoms with E-state index in [1.807, 2.05) is 0 Å². The molecule has 0 aromatic carbocycles. The van der Waals surface area contributed by atoms with Crippen molar-refractivity contribution in [3.63, 3.8) is 0 Å². The predicted molar refractivity (Wildman–Crippen MR) is 83.2 cm³/mol. The number of methoxy groups -OCH3 is 2. The Kier molecular flexibility index (Phi) is 6.29. The van der Waals surface area contributed by atoms with Crippen molar-refractivity contribution in [1.82, 2.24) is 9.97 Å². The summed E-state index contributed by atoms with van der Waals surface area (Å²) in [7, 11) is 2.69. The number of anilines is 1. The van der Waals surface area contributed by atoms with Crippen LogP contribution in [0.2, 0.25) is 0 Å². The summed E-state index contributed by atoms with van der Waals surface area (Å²) in [6.45, 7) is 7.02. The van der Waals surface area contributed by atoms with E-state index >= 15 is 0 Å². The molecule has 1 aromatic heterocycles. The molecule has 0 saturated carbocycles. The van der Waals surface area contributed by atoms with E-state index in [1.54, 1.807) is 33.8 Å². The molecule has 23 heavy (non-hydrogen) atoms. The van der Waals surface area contributed by atoms with Crippen LogP contribution in [0.1, 0.15) is 32.9 Å². The molecule has 0 aliphatic heterocycles. The van der Waals surface area contributed by atoms with Crippen LogP contribution in [-0.4, -0.2) is 47.8 Å². The first-order valence-corrected chi connectivity index (χ1v) is 7.10. The summed E-state index contributed by atoms with van der Waals surface area (Å²) in [5.74, 6) is -0.752. The molecule has 0 radical (unpaired) electrons. The third-order valence-electron chi connectivity index (χ3n) is 2.61. The molecule has 0 fully saturated rings. The van der Waals surface area contributed by atoms with Crippen LogP contribution in [-0.2, 0) is 19.1 Å². The normalized spacial score (nSPS) is 12.3. The first kappa shape index (κ1) is 18.7. The monoisotopic (exact) mass is 325 g/mol. The first-order chi connectivity index (χ1) is 10.6. The van der Waals surface area contributed by atoms with Crippen LogP contribution in [0.25, 0.3) is 0 Å². The number of rotatable bonds is 6. The lowest BCUT2D eigenvalue weighted by molar-refractivity contribution is -0.158. The standard InChI is InChI=1S/C15H23N3O5/c1-9-7-11(18-14(16-9)22-6)17-10(13(20)21-5)8-12(19)23-15(2,3)4/h7,10H,8H2,1-6H3,(H,16,17,18)/t10-/m0/s1. The molecule has 1 aromatic rings. The zero-order valence-electron chi connectivity index (χ0n) is 14.3. The maximum atomic E-state index is 11.9. The van der Waals surface area contributed by atoms with E-state index in [0.717, 1.165) is 0 Å². The lowest BCUT2D eigenvalue weighted by Crippen LogP contribution is -2.36. The minimum Gasteiger partial charge on any atom is -0.467 e. The molecule has 128 valence electrons. The van der Waals surface area contributed by atoms with E-state index < -0.39 is 23.6 Å². The van der Waals surface area contributed by atoms with Gasteiger partial charge in [-0.25, -0.2) is 9.78 Å². The number of nitrogens with one attached hydrogen (secondary N) is 1. The molecule has 8 nitrogen and oxygen atoms in total. The van der Waals surface area contributed by atoms with Crippen molar-refractivity contribution >= 4 is 17.8 Å². The summed E-state index contributed by atoms with van der Waals surface area (Å²) in [6.07, 6.45) is -0.185. The number of aryl methyl sites for hydroxylation is 1. The number of hydrogen-bond acceptors (Lipinski definition) is 8. The zero-order valence-corrected chi connectivity index (χ0v) is 14.3. The highest BCUT2D eigenvalue weighted by atomic mass is 16.6. The van der Waals surface area contributed by atoms with E-state index in [9.17, 15) is 9.59 Å². The summed E-state index contributed by atoms with van der Waals surface area (Å²) in [4.78, 5) is 32.0. The van der Waals surface area contributed by atoms with Gasteiger partial charge in [-0.15, -0.1) is 0 Å². The molecule has 0 spiro atoms. The maximum absolute atomic E-state index is 11.9. The Morgan fingerprint density at radius 2 is 1.91 bits per heavy atom. The van der Waals surface area contributed by atoms with Crippen LogP contribution in [0.4, 0.5) is 5.82 Å². The Balaban J connectivity index is 2.89. The van der Waals surface area contributed by atoms with E-state index in [0.29, 0.717) is 11.5 Å². The molecule has 0 saturated heterocycles. The van der Waals surface area contributed by atoms with E-state index in [2.05, 4.69) is 15.3 Å². The van der Waals surface area contributed by atoms with Gasteiger partial charge in [0.15, 0.2) is 0 Å². The molecule has 1 heterocycles. The number of ether oxygens (including phenoxy) is 3. The van der Waals surface area contributed by atoms with Crippen molar-refractivity contribution in [3.05, 3.63) is 11.8 Å². The van der Waals surface area contributed by atoms with Gasteiger partial charge in [0, 0.05) is 11.8 Å². The topological polar surface area (TPSA) is 99.6 Å². The number of esters is 2. The number of nitrogens with zero attached hydrogens (tertiary/aromatic N) is 2. The van der Waals surface area contributed by atoms with E-state index in [4.69, 9.17) is 14.2 Å². The third kappa shape index (κ3) is 6.50. The van der Waals surface area contributed by atoms with Gasteiger partial charge in [0.2, 0.25) is 0 Å². The Bertz CT molecular complexity index is 569. The average Bonchev–Trinajstić information content (AvgIpc) is 2.43. The number of hydrogen-bond donors (Lipinski definition) is 1. The fourth-order valence-electron chi connectivity index (χ4n) is 1.77. The second-order valence-electron chi connectivity index (χ2n) is 5.89. The summed E-state index contributed by atoms with van der Waals surface area (Å²) in [5.41, 5.74) is 0.0205. The quantitative estimate of drug-likeness (QED) is 0.785. The van der Waals surface area contributed by atoms with Gasteiger partial charge >= 0.3 is 17.9 Å². The Morgan fingerprint density at radius 1 is 1.26 bits per heavy atom. The highest BCUT2D eigenvalue weighted by Gasteiger charge is 2.26. The molecule has 0 bridgehead atoms. The average molecular weight is 325 g/mol. The van der Waals surface area contributed by atoms with Crippen molar-refractivity contribution in [1.29, 1.82) is 0 Å². The summed E-state index contributed by atoms with van der Waals surface area (Å²) >= 11 is 0. The van der Waals surface area contributed by atoms with Gasteiger partial charge in [-0.3, -0.25) is 4.79 Å². The lowest BCUT2D eigenvalue weighted by Gasteiger charge is -2.22. The zero-order chi connectivity index (χ0) is 17.6. The molecule has 8 heteroatoms. The molecule has 0 aliphatic carbocycles. The van der Waals surface area contributed by atoms with Crippen LogP contribution in [0.5, 0.6) is 6.01 Å². The first-order valence-electron chi connectivity index (χ1n) is 7.10. The van der Waals surface area contributed by atoms with Crippen LogP contribution in [0.15, 0.2) is 6.07 Å². The molecular weight excluding hydrogens is 302 g/mol. The van der Waals surface area contributed by atoms with Crippen LogP contribution in [0.3, 0.4) is 0 Å². The van der Waals surface area contributed by atoms with Crippen molar-refractivity contribution < 1.29 is 23.8 Å². The fraction of sp³-hybridized carbons (Fsp3) is 0.600. The van der Waals surface area contributed by atoms with Gasteiger partial charge in [0.25, 0.3) is 0 Å². The van der Waals surface area contributed by atoms with Crippen LogP contribution < -0.4 is 10.1 Å². The summed E-state index contributed by atoms with van der Waals surface area (Å²) < 4.78 is 14.9. The fourth-order valence-corrected chi connectivity index (χ4v) is 1.77. The lowest BCUT2D eigenvalue weighted by atomic mass is 10.1. The van der Waals surface area contributed by atoms with Crippen LogP contribution in [0, 0.1) is 6.92 Å². The van der Waals surface area contributed by atoms with Gasteiger partial charge in [-0.05, 0) is 27.7 Å². The van der Waals surface area contributed by atoms with E-state index in [1.165, 1.54) is 14.2 Å². The second-order valence-corrected chi connectivity index (χ2v) is 5.89. The highest BCUT2D eigenvalue weighted by Crippen LogP contribution is 2.15. The molecule has 0 unspecified atom stereocenters. The number of carbonyl (C=O) groups is 2. The predicted octanol–water partition coefficient (Wildman–Crippen LogP) is 1.48. The second kappa shape index (κ2) is 7.75. The van der Waals surface area contributed by atoms with Gasteiger partial charge in [-0.1, -0.05) is 0 Å². The molecule has 1 N–H and O–H groups in total. The minimum atomic E-state index is -0.922. The number of carbonyl (C=O) groups excluding carboxylic acids is 2. The SMILES string of the molecule is COC(=O)[C@H](CC(=O)OC(C)(C)C)Nc1cc(C)nc(OC)n1. The highest BCUT2D eigenvalue weighted by molar-refractivity contribution is 5.85. The Labute approximate surface area is 135 Å².